The Balaban J connectivity index is 2.35. The van der Waals surface area contributed by atoms with Crippen molar-refractivity contribution in [2.24, 2.45) is 4.99 Å². The fourth-order valence-corrected chi connectivity index (χ4v) is 2.14. The molecule has 0 aromatic carbocycles. The van der Waals surface area contributed by atoms with Crippen molar-refractivity contribution in [3.8, 4) is 0 Å². The molecule has 2 aliphatic carbocycles. The lowest BCUT2D eigenvalue weighted by Crippen LogP contribution is -2.21. The zero-order valence-electron chi connectivity index (χ0n) is 12.1. The first-order valence-corrected chi connectivity index (χ1v) is 6.82. The molecule has 0 unspecified atom stereocenters. The largest absolute Gasteiger partial charge is 0.356 e. The molecule has 0 N–H and O–H groups in total. The average molecular weight is 254 g/mol. The topological polar surface area (TPSA) is 15.6 Å². The first kappa shape index (κ1) is 13.6. The number of nitrogens with zero attached hydrogens (tertiary/aromatic N) is 2. The number of rotatable bonds is 4. The summed E-state index contributed by atoms with van der Waals surface area (Å²) < 4.78 is 0. The van der Waals surface area contributed by atoms with Gasteiger partial charge < -0.3 is 4.90 Å². The first-order chi connectivity index (χ1) is 9.13. The van der Waals surface area contributed by atoms with Crippen LogP contribution in [-0.2, 0) is 0 Å². The van der Waals surface area contributed by atoms with E-state index in [1.807, 2.05) is 31.2 Å². The van der Waals surface area contributed by atoms with Crippen molar-refractivity contribution < 1.29 is 0 Å². The molecule has 0 aliphatic heterocycles. The van der Waals surface area contributed by atoms with E-state index < -0.39 is 0 Å². The van der Waals surface area contributed by atoms with Gasteiger partial charge in [0.15, 0.2) is 0 Å². The molecule has 0 aromatic rings. The van der Waals surface area contributed by atoms with Gasteiger partial charge in [-0.25, -0.2) is 4.99 Å². The van der Waals surface area contributed by atoms with Gasteiger partial charge in [0.1, 0.15) is 5.82 Å². The molecule has 2 nitrogen and oxygen atoms in total. The minimum absolute atomic E-state index is 0.649. The van der Waals surface area contributed by atoms with E-state index in [0.717, 1.165) is 17.1 Å². The van der Waals surface area contributed by atoms with Gasteiger partial charge in [0.05, 0.1) is 5.71 Å². The summed E-state index contributed by atoms with van der Waals surface area (Å²) in [6.07, 6.45) is 14.7. The smallest absolute Gasteiger partial charge is 0.132 e. The van der Waals surface area contributed by atoms with E-state index in [-0.39, 0.29) is 0 Å². The molecule has 0 bridgehead atoms. The van der Waals surface area contributed by atoms with Gasteiger partial charge in [-0.2, -0.15) is 0 Å². The zero-order chi connectivity index (χ0) is 13.8. The monoisotopic (exact) mass is 254 g/mol. The number of aliphatic imine (C=N–C) groups is 1. The van der Waals surface area contributed by atoms with Crippen LogP contribution < -0.4 is 0 Å². The second-order valence-electron chi connectivity index (χ2n) is 5.09. The molecule has 2 aliphatic rings. The molecular formula is C17H22N2. The maximum absolute atomic E-state index is 4.83. The Kier molecular flexibility index (Phi) is 4.20. The highest BCUT2D eigenvalue weighted by molar-refractivity contribution is 6.11. The van der Waals surface area contributed by atoms with Crippen LogP contribution in [0.25, 0.3) is 0 Å². The highest BCUT2D eigenvalue weighted by Crippen LogP contribution is 2.30. The minimum Gasteiger partial charge on any atom is -0.356 e. The number of allylic oxidation sites excluding steroid dienone is 8. The molecule has 2 rings (SSSR count). The number of hydrogen-bond donors (Lipinski definition) is 0. The normalized spacial score (nSPS) is 22.3. The summed E-state index contributed by atoms with van der Waals surface area (Å²) in [4.78, 5) is 7.12. The van der Waals surface area contributed by atoms with Crippen molar-refractivity contribution in [1.29, 1.82) is 0 Å². The van der Waals surface area contributed by atoms with E-state index >= 15 is 0 Å². The summed E-state index contributed by atoms with van der Waals surface area (Å²) in [5, 5.41) is 0. The molecule has 0 radical (unpaired) electrons. The fraction of sp³-hybridized carbons (Fsp3) is 0.353. The van der Waals surface area contributed by atoms with Crippen molar-refractivity contribution in [3.63, 3.8) is 0 Å². The van der Waals surface area contributed by atoms with Crippen LogP contribution in [0.2, 0.25) is 0 Å². The third-order valence-corrected chi connectivity index (χ3v) is 3.42. The van der Waals surface area contributed by atoms with Gasteiger partial charge in [-0.05, 0) is 43.9 Å². The fourth-order valence-electron chi connectivity index (χ4n) is 2.14. The second kappa shape index (κ2) is 5.87. The molecule has 2 heteroatoms. The molecule has 0 spiro atoms. The van der Waals surface area contributed by atoms with Gasteiger partial charge >= 0.3 is 0 Å². The Morgan fingerprint density at radius 1 is 1.37 bits per heavy atom. The van der Waals surface area contributed by atoms with E-state index in [0.29, 0.717) is 6.04 Å². The van der Waals surface area contributed by atoms with E-state index in [4.69, 9.17) is 4.99 Å². The third kappa shape index (κ3) is 3.34. The summed E-state index contributed by atoms with van der Waals surface area (Å²) in [6, 6.07) is 0.649. The van der Waals surface area contributed by atoms with Gasteiger partial charge in [-0.15, -0.1) is 0 Å². The molecular weight excluding hydrogens is 232 g/mol. The molecule has 0 saturated heterocycles. The third-order valence-electron chi connectivity index (χ3n) is 3.42. The summed E-state index contributed by atoms with van der Waals surface area (Å²) in [5.41, 5.74) is 3.12. The Hall–Kier alpha value is -1.83. The molecule has 0 aromatic heterocycles. The zero-order valence-corrected chi connectivity index (χ0v) is 12.1. The van der Waals surface area contributed by atoms with Crippen LogP contribution in [-0.4, -0.2) is 23.7 Å². The minimum atomic E-state index is 0.649. The van der Waals surface area contributed by atoms with Crippen molar-refractivity contribution in [1.82, 2.24) is 4.90 Å². The first-order valence-electron chi connectivity index (χ1n) is 6.82. The van der Waals surface area contributed by atoms with Crippen molar-refractivity contribution in [3.05, 3.63) is 60.0 Å². The Labute approximate surface area is 116 Å². The van der Waals surface area contributed by atoms with Crippen LogP contribution in [0, 0.1) is 0 Å². The lowest BCUT2D eigenvalue weighted by atomic mass is 10.1. The summed E-state index contributed by atoms with van der Waals surface area (Å²) in [7, 11) is 2.13. The van der Waals surface area contributed by atoms with Crippen molar-refractivity contribution in [2.75, 3.05) is 7.05 Å². The Morgan fingerprint density at radius 3 is 2.63 bits per heavy atom. The van der Waals surface area contributed by atoms with Gasteiger partial charge in [0.25, 0.3) is 0 Å². The highest BCUT2D eigenvalue weighted by Gasteiger charge is 2.28. The van der Waals surface area contributed by atoms with E-state index in [1.54, 1.807) is 0 Å². The lowest BCUT2D eigenvalue weighted by Gasteiger charge is -2.21. The van der Waals surface area contributed by atoms with Crippen LogP contribution in [0.5, 0.6) is 0 Å². The van der Waals surface area contributed by atoms with Crippen LogP contribution in [0.15, 0.2) is 65.0 Å². The van der Waals surface area contributed by atoms with Crippen LogP contribution in [0.4, 0.5) is 0 Å². The quantitative estimate of drug-likeness (QED) is 0.692. The van der Waals surface area contributed by atoms with E-state index in [2.05, 4.69) is 37.6 Å². The van der Waals surface area contributed by atoms with Gasteiger partial charge in [0.2, 0.25) is 0 Å². The van der Waals surface area contributed by atoms with Crippen LogP contribution in [0.3, 0.4) is 0 Å². The highest BCUT2D eigenvalue weighted by atomic mass is 15.2. The van der Waals surface area contributed by atoms with Crippen molar-refractivity contribution >= 4 is 5.71 Å². The predicted molar refractivity (Wildman–Crippen MR) is 83.2 cm³/mol. The lowest BCUT2D eigenvalue weighted by molar-refractivity contribution is 0.400. The molecule has 0 heterocycles. The molecule has 100 valence electrons. The summed E-state index contributed by atoms with van der Waals surface area (Å²) in [5.74, 6) is 1.05. The van der Waals surface area contributed by atoms with Gasteiger partial charge in [-0.1, -0.05) is 37.0 Å². The Morgan fingerprint density at radius 2 is 2.05 bits per heavy atom. The molecule has 19 heavy (non-hydrogen) atoms. The summed E-state index contributed by atoms with van der Waals surface area (Å²) in [6.45, 7) is 8.20. The SMILES string of the molecule is C=C1C=CC=C/C1=N/C(=C(C)/C=C/C)N(C)C1CC1. The predicted octanol–water partition coefficient (Wildman–Crippen LogP) is 4.01. The van der Waals surface area contributed by atoms with Gasteiger partial charge in [0, 0.05) is 13.1 Å². The maximum atomic E-state index is 4.83. The molecule has 1 saturated carbocycles. The molecule has 0 amide bonds. The standard InChI is InChI=1S/C17H22N2/c1-5-8-14(3)17(19(4)15-11-12-15)18-16-10-7-6-9-13(16)2/h5-10,15H,2,11-12H2,1,3-4H3/b8-5+,17-14-,18-16-. The van der Waals surface area contributed by atoms with Crippen molar-refractivity contribution in [2.45, 2.75) is 32.7 Å². The maximum Gasteiger partial charge on any atom is 0.132 e. The summed E-state index contributed by atoms with van der Waals surface area (Å²) >= 11 is 0. The molecule has 1 fully saturated rings. The average Bonchev–Trinajstić information content (AvgIpc) is 3.21. The van der Waals surface area contributed by atoms with Gasteiger partial charge in [-0.3, -0.25) is 0 Å². The Bertz CT molecular complexity index is 511. The van der Waals surface area contributed by atoms with E-state index in [9.17, 15) is 0 Å². The molecule has 0 atom stereocenters. The van der Waals surface area contributed by atoms with Crippen LogP contribution >= 0.6 is 0 Å². The number of hydrogen-bond acceptors (Lipinski definition) is 2. The van der Waals surface area contributed by atoms with E-state index in [1.165, 1.54) is 18.4 Å². The second-order valence-corrected chi connectivity index (χ2v) is 5.09. The van der Waals surface area contributed by atoms with Crippen LogP contribution in [0.1, 0.15) is 26.7 Å².